The number of hydrogen-bond donors (Lipinski definition) is 0. The van der Waals surface area contributed by atoms with Gasteiger partial charge >= 0.3 is 5.97 Å². The average Bonchev–Trinajstić information content (AvgIpc) is 2.82. The van der Waals surface area contributed by atoms with Gasteiger partial charge in [0.15, 0.2) is 0 Å². The quantitative estimate of drug-likeness (QED) is 0.0909. The van der Waals surface area contributed by atoms with Gasteiger partial charge in [-0.3, -0.25) is 0 Å². The summed E-state index contributed by atoms with van der Waals surface area (Å²) < 4.78 is 11.4. The van der Waals surface area contributed by atoms with E-state index >= 15 is 0 Å². The van der Waals surface area contributed by atoms with Gasteiger partial charge in [0.2, 0.25) is 0 Å². The van der Waals surface area contributed by atoms with Crippen molar-refractivity contribution in [3.8, 4) is 0 Å². The molecule has 0 spiro atoms. The summed E-state index contributed by atoms with van der Waals surface area (Å²) in [5.74, 6) is 0.735. The number of ether oxygens (including phenoxy) is 2. The van der Waals surface area contributed by atoms with E-state index in [4.69, 9.17) is 9.47 Å². The third-order valence-electron chi connectivity index (χ3n) is 7.32. The van der Waals surface area contributed by atoms with Gasteiger partial charge in [-0.05, 0) is 38.0 Å². The molecule has 1 fully saturated rings. The van der Waals surface area contributed by atoms with Crippen molar-refractivity contribution < 1.29 is 14.3 Å². The summed E-state index contributed by atoms with van der Waals surface area (Å²) in [6.07, 6.45) is 27.3. The Morgan fingerprint density at radius 3 is 1.58 bits per heavy atom. The highest BCUT2D eigenvalue weighted by molar-refractivity contribution is 5.86. The van der Waals surface area contributed by atoms with E-state index in [9.17, 15) is 4.79 Å². The first kappa shape index (κ1) is 30.2. The second kappa shape index (κ2) is 21.7. The number of unbranched alkanes of at least 4 members (excludes halogenated alkanes) is 15. The molecule has 1 aliphatic rings. The molecule has 1 saturated carbocycles. The van der Waals surface area contributed by atoms with Crippen LogP contribution in [-0.2, 0) is 14.3 Å². The Kier molecular flexibility index (Phi) is 19.8. The lowest BCUT2D eigenvalue weighted by Gasteiger charge is -2.31. The van der Waals surface area contributed by atoms with Crippen molar-refractivity contribution in [3.05, 3.63) is 12.2 Å². The van der Waals surface area contributed by atoms with E-state index < -0.39 is 0 Å². The second-order valence-electron chi connectivity index (χ2n) is 10.6. The highest BCUT2D eigenvalue weighted by Crippen LogP contribution is 2.30. The van der Waals surface area contributed by atoms with Gasteiger partial charge in [-0.2, -0.15) is 0 Å². The number of hydrogen-bond acceptors (Lipinski definition) is 3. The number of esters is 1. The molecule has 3 nitrogen and oxygen atoms in total. The molecule has 0 amide bonds. The van der Waals surface area contributed by atoms with Crippen LogP contribution in [0.25, 0.3) is 0 Å². The Labute approximate surface area is 206 Å². The molecule has 0 bridgehead atoms. The Balaban J connectivity index is 1.86. The molecule has 0 saturated heterocycles. The molecule has 1 aliphatic carbocycles. The molecule has 2 atom stereocenters. The molecule has 0 N–H and O–H groups in total. The largest absolute Gasteiger partial charge is 0.462 e. The standard InChI is InChI=1S/C30H56O3/c1-4-5-6-7-8-9-10-11-12-13-14-15-16-17-18-21-24-32-25-28-22-19-20-23-29(28)26-33-30(31)27(2)3/h28-29H,2,4-26H2,1,3H3. The van der Waals surface area contributed by atoms with E-state index in [1.807, 2.05) is 0 Å². The summed E-state index contributed by atoms with van der Waals surface area (Å²) >= 11 is 0. The first-order chi connectivity index (χ1) is 16.1. The molecular weight excluding hydrogens is 408 g/mol. The highest BCUT2D eigenvalue weighted by Gasteiger charge is 2.26. The summed E-state index contributed by atoms with van der Waals surface area (Å²) in [4.78, 5) is 11.7. The van der Waals surface area contributed by atoms with E-state index in [1.54, 1.807) is 6.92 Å². The van der Waals surface area contributed by atoms with Crippen LogP contribution in [-0.4, -0.2) is 25.8 Å². The lowest BCUT2D eigenvalue weighted by atomic mass is 9.80. The zero-order valence-corrected chi connectivity index (χ0v) is 22.4. The fourth-order valence-corrected chi connectivity index (χ4v) is 5.02. The molecule has 194 valence electrons. The van der Waals surface area contributed by atoms with E-state index in [-0.39, 0.29) is 5.97 Å². The van der Waals surface area contributed by atoms with Crippen molar-refractivity contribution in [1.82, 2.24) is 0 Å². The van der Waals surface area contributed by atoms with E-state index in [2.05, 4.69) is 13.5 Å². The van der Waals surface area contributed by atoms with Crippen LogP contribution in [0.1, 0.15) is 142 Å². The normalized spacial score (nSPS) is 18.4. The van der Waals surface area contributed by atoms with Crippen LogP contribution in [0.3, 0.4) is 0 Å². The molecule has 0 aromatic heterocycles. The SMILES string of the molecule is C=C(C)C(=O)OCC1CCCCC1COCCCCCCCCCCCCCCCCCC. The van der Waals surface area contributed by atoms with E-state index in [1.165, 1.54) is 122 Å². The molecule has 0 radical (unpaired) electrons. The van der Waals surface area contributed by atoms with E-state index in [0.717, 1.165) is 19.6 Å². The predicted molar refractivity (Wildman–Crippen MR) is 142 cm³/mol. The molecular formula is C30H56O3. The number of rotatable bonds is 22. The topological polar surface area (TPSA) is 35.5 Å². The van der Waals surface area contributed by atoms with Crippen LogP contribution in [0.4, 0.5) is 0 Å². The van der Waals surface area contributed by atoms with Gasteiger partial charge in [0.05, 0.1) is 6.61 Å². The van der Waals surface area contributed by atoms with E-state index in [0.29, 0.717) is 24.0 Å². The third kappa shape index (κ3) is 17.3. The van der Waals surface area contributed by atoms with Gasteiger partial charge in [-0.25, -0.2) is 4.79 Å². The first-order valence-electron chi connectivity index (χ1n) is 14.6. The number of carbonyl (C=O) groups is 1. The smallest absolute Gasteiger partial charge is 0.333 e. The number of carbonyl (C=O) groups excluding carboxylic acids is 1. The molecule has 0 aliphatic heterocycles. The molecule has 3 heteroatoms. The minimum Gasteiger partial charge on any atom is -0.462 e. The van der Waals surface area contributed by atoms with Crippen molar-refractivity contribution in [2.45, 2.75) is 142 Å². The zero-order chi connectivity index (χ0) is 24.0. The van der Waals surface area contributed by atoms with Crippen molar-refractivity contribution in [2.75, 3.05) is 19.8 Å². The average molecular weight is 465 g/mol. The highest BCUT2D eigenvalue weighted by atomic mass is 16.5. The van der Waals surface area contributed by atoms with Crippen LogP contribution in [0.2, 0.25) is 0 Å². The minimum atomic E-state index is -0.256. The molecule has 0 aromatic rings. The summed E-state index contributed by atoms with van der Waals surface area (Å²) in [6.45, 7) is 9.90. The van der Waals surface area contributed by atoms with Gasteiger partial charge in [0.25, 0.3) is 0 Å². The van der Waals surface area contributed by atoms with Crippen LogP contribution < -0.4 is 0 Å². The molecule has 2 unspecified atom stereocenters. The minimum absolute atomic E-state index is 0.256. The van der Waals surface area contributed by atoms with Crippen molar-refractivity contribution in [2.24, 2.45) is 11.8 Å². The molecule has 0 aromatic carbocycles. The van der Waals surface area contributed by atoms with Crippen LogP contribution in [0, 0.1) is 11.8 Å². The maximum absolute atomic E-state index is 11.7. The second-order valence-corrected chi connectivity index (χ2v) is 10.6. The fraction of sp³-hybridized carbons (Fsp3) is 0.900. The lowest BCUT2D eigenvalue weighted by Crippen LogP contribution is -2.29. The first-order valence-corrected chi connectivity index (χ1v) is 14.6. The maximum Gasteiger partial charge on any atom is 0.333 e. The summed E-state index contributed by atoms with van der Waals surface area (Å²) in [5.41, 5.74) is 0.488. The molecule has 33 heavy (non-hydrogen) atoms. The monoisotopic (exact) mass is 464 g/mol. The summed E-state index contributed by atoms with van der Waals surface area (Å²) in [5, 5.41) is 0. The van der Waals surface area contributed by atoms with Gasteiger partial charge in [0.1, 0.15) is 0 Å². The lowest BCUT2D eigenvalue weighted by molar-refractivity contribution is -0.141. The summed E-state index contributed by atoms with van der Waals surface area (Å²) in [6, 6.07) is 0. The van der Waals surface area contributed by atoms with Crippen LogP contribution in [0.15, 0.2) is 12.2 Å². The van der Waals surface area contributed by atoms with Gasteiger partial charge in [-0.1, -0.05) is 123 Å². The summed E-state index contributed by atoms with van der Waals surface area (Å²) in [7, 11) is 0. The predicted octanol–water partition coefficient (Wildman–Crippen LogP) is 9.19. The van der Waals surface area contributed by atoms with Gasteiger partial charge in [-0.15, -0.1) is 0 Å². The molecule has 0 heterocycles. The van der Waals surface area contributed by atoms with Gasteiger partial charge in [0, 0.05) is 18.8 Å². The third-order valence-corrected chi connectivity index (χ3v) is 7.32. The molecule has 1 rings (SSSR count). The van der Waals surface area contributed by atoms with Gasteiger partial charge < -0.3 is 9.47 Å². The van der Waals surface area contributed by atoms with Crippen LogP contribution in [0.5, 0.6) is 0 Å². The Hall–Kier alpha value is -0.830. The van der Waals surface area contributed by atoms with Crippen LogP contribution >= 0.6 is 0 Å². The van der Waals surface area contributed by atoms with Crippen molar-refractivity contribution >= 4 is 5.97 Å². The maximum atomic E-state index is 11.7. The Morgan fingerprint density at radius 1 is 0.697 bits per heavy atom. The Morgan fingerprint density at radius 2 is 1.12 bits per heavy atom. The zero-order valence-electron chi connectivity index (χ0n) is 22.4. The Bertz CT molecular complexity index is 473. The fourth-order valence-electron chi connectivity index (χ4n) is 5.02. The van der Waals surface area contributed by atoms with Crippen molar-refractivity contribution in [3.63, 3.8) is 0 Å². The van der Waals surface area contributed by atoms with Crippen molar-refractivity contribution in [1.29, 1.82) is 0 Å².